The quantitative estimate of drug-likeness (QED) is 0.428. The summed E-state index contributed by atoms with van der Waals surface area (Å²) in [5.74, 6) is 0.667. The number of rotatable bonds is 4. The fourth-order valence-electron chi connectivity index (χ4n) is 3.37. The largest absolute Gasteiger partial charge is 0.383 e. The van der Waals surface area contributed by atoms with Crippen molar-refractivity contribution in [2.75, 3.05) is 13.1 Å². The number of hydrogen-bond acceptors (Lipinski definition) is 3. The minimum Gasteiger partial charge on any atom is -0.383 e. The monoisotopic (exact) mass is 354 g/mol. The highest BCUT2D eigenvalue weighted by Gasteiger charge is 2.13. The Hall–Kier alpha value is -2.18. The van der Waals surface area contributed by atoms with Gasteiger partial charge in [-0.15, -0.1) is 11.3 Å². The Labute approximate surface area is 151 Å². The zero-order valence-electron chi connectivity index (χ0n) is 14.5. The summed E-state index contributed by atoms with van der Waals surface area (Å²) in [6, 6.07) is 6.81. The molecule has 4 rings (SSSR count). The van der Waals surface area contributed by atoms with Crippen molar-refractivity contribution < 1.29 is 4.57 Å². The van der Waals surface area contributed by atoms with Gasteiger partial charge in [-0.05, 0) is 31.5 Å². The number of hydrogen-bond donors (Lipinski definition) is 2. The Morgan fingerprint density at radius 3 is 3.24 bits per heavy atom. The third-order valence-electron chi connectivity index (χ3n) is 4.72. The number of aryl methyl sites for hydroxylation is 1. The van der Waals surface area contributed by atoms with Crippen LogP contribution in [0, 0.1) is 0 Å². The second-order valence-corrected chi connectivity index (χ2v) is 7.71. The summed E-state index contributed by atoms with van der Waals surface area (Å²) in [5, 5.41) is 6.76. The maximum Gasteiger partial charge on any atom is 0.177 e. The zero-order valence-corrected chi connectivity index (χ0v) is 15.3. The fourth-order valence-corrected chi connectivity index (χ4v) is 4.25. The van der Waals surface area contributed by atoms with Crippen LogP contribution in [0.5, 0.6) is 0 Å². The molecule has 1 fully saturated rings. The van der Waals surface area contributed by atoms with Crippen LogP contribution in [-0.2, 0) is 13.6 Å². The van der Waals surface area contributed by atoms with Crippen LogP contribution in [0.15, 0.2) is 47.2 Å². The number of nitrogens with one attached hydrogen (secondary N) is 1. The molecular formula is C19H24N5S+. The van der Waals surface area contributed by atoms with Crippen LogP contribution < -0.4 is 15.6 Å². The predicted octanol–water partition coefficient (Wildman–Crippen LogP) is 2.03. The Morgan fingerprint density at radius 2 is 2.40 bits per heavy atom. The summed E-state index contributed by atoms with van der Waals surface area (Å²) in [7, 11) is 2.05. The maximum absolute atomic E-state index is 6.24. The lowest BCUT2D eigenvalue weighted by atomic mass is 10.1. The van der Waals surface area contributed by atoms with Crippen molar-refractivity contribution in [3.8, 4) is 0 Å². The van der Waals surface area contributed by atoms with E-state index >= 15 is 0 Å². The molecule has 1 unspecified atom stereocenters. The van der Waals surface area contributed by atoms with Gasteiger partial charge >= 0.3 is 0 Å². The van der Waals surface area contributed by atoms with Gasteiger partial charge in [0.2, 0.25) is 0 Å². The van der Waals surface area contributed by atoms with E-state index in [1.807, 2.05) is 7.05 Å². The van der Waals surface area contributed by atoms with Crippen LogP contribution in [0.4, 0.5) is 0 Å². The second kappa shape index (κ2) is 6.98. The lowest BCUT2D eigenvalue weighted by Gasteiger charge is -2.19. The molecule has 0 spiro atoms. The van der Waals surface area contributed by atoms with Gasteiger partial charge in [0.15, 0.2) is 12.4 Å². The zero-order chi connectivity index (χ0) is 17.2. The molecule has 1 atom stereocenters. The van der Waals surface area contributed by atoms with Crippen LogP contribution in [0.2, 0.25) is 0 Å². The van der Waals surface area contributed by atoms with Gasteiger partial charge in [0, 0.05) is 34.6 Å². The first-order valence-electron chi connectivity index (χ1n) is 8.75. The number of amidine groups is 1. The molecule has 4 heterocycles. The van der Waals surface area contributed by atoms with Gasteiger partial charge in [0.1, 0.15) is 12.9 Å². The van der Waals surface area contributed by atoms with Gasteiger partial charge in [-0.3, -0.25) is 4.99 Å². The molecule has 6 heteroatoms. The minimum atomic E-state index is 0.311. The molecule has 130 valence electrons. The Morgan fingerprint density at radius 1 is 1.48 bits per heavy atom. The summed E-state index contributed by atoms with van der Waals surface area (Å²) in [6.45, 7) is 2.89. The van der Waals surface area contributed by atoms with Crippen molar-refractivity contribution in [3.05, 3.63) is 52.6 Å². The van der Waals surface area contributed by atoms with E-state index in [2.05, 4.69) is 56.6 Å². The molecule has 0 bridgehead atoms. The summed E-state index contributed by atoms with van der Waals surface area (Å²) >= 11 is 1.75. The highest BCUT2D eigenvalue weighted by Crippen LogP contribution is 2.20. The number of aromatic nitrogens is 2. The molecule has 1 saturated heterocycles. The number of pyridine rings is 1. The molecule has 0 saturated carbocycles. The molecule has 3 N–H and O–H groups in total. The Bertz CT molecular complexity index is 902. The van der Waals surface area contributed by atoms with Gasteiger partial charge in [-0.25, -0.2) is 4.57 Å². The summed E-state index contributed by atoms with van der Waals surface area (Å²) < 4.78 is 4.36. The van der Waals surface area contributed by atoms with Crippen LogP contribution in [0.25, 0.3) is 10.9 Å². The highest BCUT2D eigenvalue weighted by molar-refractivity contribution is 7.10. The van der Waals surface area contributed by atoms with E-state index in [0.29, 0.717) is 11.9 Å². The number of piperidine rings is 1. The standard InChI is InChI=1S/C19H24N5S/c1-23-7-5-18-14(11-23)4-8-24(18)12-17-9-15(13-25-17)19(20)22-16-3-2-6-21-10-16/h4-5,7-9,11,13,16,21H,2-3,6,10,12H2,1H3,(H2,20,22)/q+1. The van der Waals surface area contributed by atoms with Crippen molar-refractivity contribution in [2.24, 2.45) is 17.8 Å². The SMILES string of the molecule is C[n+]1ccc2c(ccn2Cc2cc(C(N)=NC3CCCNC3)cs2)c1. The Balaban J connectivity index is 1.51. The molecule has 0 amide bonds. The first-order chi connectivity index (χ1) is 12.2. The average Bonchev–Trinajstić information content (AvgIpc) is 3.23. The molecule has 5 nitrogen and oxygen atoms in total. The summed E-state index contributed by atoms with van der Waals surface area (Å²) in [5.41, 5.74) is 8.54. The molecule has 0 radical (unpaired) electrons. The van der Waals surface area contributed by atoms with E-state index in [1.54, 1.807) is 11.3 Å². The second-order valence-electron chi connectivity index (χ2n) is 6.71. The van der Waals surface area contributed by atoms with E-state index in [9.17, 15) is 0 Å². The molecule has 0 aliphatic carbocycles. The van der Waals surface area contributed by atoms with Crippen LogP contribution in [-0.4, -0.2) is 29.5 Å². The molecular weight excluding hydrogens is 330 g/mol. The molecule has 3 aromatic rings. The topological polar surface area (TPSA) is 59.2 Å². The van der Waals surface area contributed by atoms with E-state index in [-0.39, 0.29) is 0 Å². The van der Waals surface area contributed by atoms with Crippen molar-refractivity contribution in [3.63, 3.8) is 0 Å². The summed E-state index contributed by atoms with van der Waals surface area (Å²) in [6.07, 6.45) is 8.68. The fraction of sp³-hybridized carbons (Fsp3) is 0.368. The predicted molar refractivity (Wildman–Crippen MR) is 103 cm³/mol. The number of aliphatic imine (C=N–C) groups is 1. The normalized spacial score (nSPS) is 18.8. The van der Waals surface area contributed by atoms with Crippen molar-refractivity contribution in [1.29, 1.82) is 0 Å². The minimum absolute atomic E-state index is 0.311. The van der Waals surface area contributed by atoms with Crippen molar-refractivity contribution in [1.82, 2.24) is 9.88 Å². The van der Waals surface area contributed by atoms with Gasteiger partial charge in [-0.2, -0.15) is 0 Å². The first kappa shape index (κ1) is 16.3. The van der Waals surface area contributed by atoms with Gasteiger partial charge in [0.25, 0.3) is 0 Å². The molecule has 25 heavy (non-hydrogen) atoms. The summed E-state index contributed by atoms with van der Waals surface area (Å²) in [4.78, 5) is 6.00. The van der Waals surface area contributed by atoms with Crippen molar-refractivity contribution in [2.45, 2.75) is 25.4 Å². The molecule has 3 aromatic heterocycles. The van der Waals surface area contributed by atoms with Gasteiger partial charge in [0.05, 0.1) is 23.5 Å². The lowest BCUT2D eigenvalue weighted by molar-refractivity contribution is -0.670. The smallest absolute Gasteiger partial charge is 0.177 e. The van der Waals surface area contributed by atoms with E-state index in [1.165, 1.54) is 22.2 Å². The number of nitrogens with two attached hydrogens (primary N) is 1. The molecule has 0 aromatic carbocycles. The highest BCUT2D eigenvalue weighted by atomic mass is 32.1. The number of thiophene rings is 1. The van der Waals surface area contributed by atoms with E-state index in [4.69, 9.17) is 10.7 Å². The van der Waals surface area contributed by atoms with Crippen LogP contribution in [0.3, 0.4) is 0 Å². The van der Waals surface area contributed by atoms with E-state index < -0.39 is 0 Å². The van der Waals surface area contributed by atoms with E-state index in [0.717, 1.165) is 31.6 Å². The van der Waals surface area contributed by atoms with Crippen LogP contribution in [0.1, 0.15) is 23.3 Å². The Kier molecular flexibility index (Phi) is 4.55. The maximum atomic E-state index is 6.24. The third-order valence-corrected chi connectivity index (χ3v) is 5.64. The lowest BCUT2D eigenvalue weighted by Crippen LogP contribution is -2.34. The van der Waals surface area contributed by atoms with Gasteiger partial charge in [-0.1, -0.05) is 0 Å². The first-order valence-corrected chi connectivity index (χ1v) is 9.63. The average molecular weight is 355 g/mol. The number of fused-ring (bicyclic) bond motifs is 1. The third kappa shape index (κ3) is 3.60. The molecule has 1 aliphatic heterocycles. The van der Waals surface area contributed by atoms with Gasteiger partial charge < -0.3 is 15.6 Å². The van der Waals surface area contributed by atoms with Crippen molar-refractivity contribution >= 4 is 28.1 Å². The molecule has 1 aliphatic rings. The number of nitrogens with zero attached hydrogens (tertiary/aromatic N) is 3. The van der Waals surface area contributed by atoms with Crippen LogP contribution >= 0.6 is 11.3 Å².